The van der Waals surface area contributed by atoms with Gasteiger partial charge < -0.3 is 20.5 Å². The molecular formula is C25H27F3N2O5. The number of nitrogens with one attached hydrogen (secondary N) is 2. The molecule has 0 saturated heterocycles. The second-order valence-corrected chi connectivity index (χ2v) is 9.07. The molecule has 188 valence electrons. The molecule has 1 aliphatic carbocycles. The van der Waals surface area contributed by atoms with Crippen LogP contribution < -0.4 is 10.6 Å². The molecule has 1 aliphatic rings. The molecule has 0 radical (unpaired) electrons. The number of aliphatic carboxylic acids is 1. The molecule has 2 amide bonds. The minimum Gasteiger partial charge on any atom is -0.481 e. The molecule has 1 unspecified atom stereocenters. The van der Waals surface area contributed by atoms with Crippen LogP contribution in [0, 0.1) is 5.41 Å². The van der Waals surface area contributed by atoms with Crippen LogP contribution in [-0.2, 0) is 14.3 Å². The fourth-order valence-electron chi connectivity index (χ4n) is 3.95. The van der Waals surface area contributed by atoms with E-state index in [0.29, 0.717) is 0 Å². The number of alkyl carbamates (subject to hydrolysis) is 1. The smallest absolute Gasteiger partial charge is 0.407 e. The normalized spacial score (nSPS) is 14.0. The summed E-state index contributed by atoms with van der Waals surface area (Å²) in [4.78, 5) is 35.9. The first-order chi connectivity index (χ1) is 16.4. The summed E-state index contributed by atoms with van der Waals surface area (Å²) < 4.78 is 44.4. The Balaban J connectivity index is 1.63. The monoisotopic (exact) mass is 492 g/mol. The molecule has 10 heteroatoms. The highest BCUT2D eigenvalue weighted by atomic mass is 19.4. The van der Waals surface area contributed by atoms with Crippen molar-refractivity contribution in [1.29, 1.82) is 0 Å². The molecule has 3 N–H and O–H groups in total. The predicted octanol–water partition coefficient (Wildman–Crippen LogP) is 4.46. The molecule has 0 spiro atoms. The lowest BCUT2D eigenvalue weighted by molar-refractivity contribution is -0.149. The van der Waals surface area contributed by atoms with Crippen LogP contribution in [0.5, 0.6) is 0 Å². The first-order valence-corrected chi connectivity index (χ1v) is 11.1. The molecular weight excluding hydrogens is 465 g/mol. The SMILES string of the molecule is CC(C)(CCNC(=O)C(CC(F)(F)F)NC(=O)OCC1c2ccccc2-c2ccccc21)C(=O)O. The Kier molecular flexibility index (Phi) is 7.72. The van der Waals surface area contributed by atoms with Gasteiger partial charge in [0.15, 0.2) is 0 Å². The van der Waals surface area contributed by atoms with Gasteiger partial charge in [0.2, 0.25) is 5.91 Å². The van der Waals surface area contributed by atoms with E-state index in [0.717, 1.165) is 22.3 Å². The Hall–Kier alpha value is -3.56. The summed E-state index contributed by atoms with van der Waals surface area (Å²) in [6, 6.07) is 13.3. The number of hydrogen-bond donors (Lipinski definition) is 3. The number of fused-ring (bicyclic) bond motifs is 3. The summed E-state index contributed by atoms with van der Waals surface area (Å²) in [6.07, 6.45) is -7.47. The zero-order valence-corrected chi connectivity index (χ0v) is 19.3. The third-order valence-electron chi connectivity index (χ3n) is 6.02. The molecule has 0 saturated carbocycles. The number of hydrogen-bond acceptors (Lipinski definition) is 4. The maximum Gasteiger partial charge on any atom is 0.407 e. The number of alkyl halides is 3. The molecule has 0 aromatic heterocycles. The third-order valence-corrected chi connectivity index (χ3v) is 6.02. The van der Waals surface area contributed by atoms with Crippen molar-refractivity contribution >= 4 is 18.0 Å². The van der Waals surface area contributed by atoms with Gasteiger partial charge in [0.1, 0.15) is 12.6 Å². The topological polar surface area (TPSA) is 105 Å². The van der Waals surface area contributed by atoms with Crippen molar-refractivity contribution in [3.05, 3.63) is 59.7 Å². The number of carboxylic acids is 1. The molecule has 2 aromatic carbocycles. The Morgan fingerprint density at radius 2 is 1.54 bits per heavy atom. The second kappa shape index (κ2) is 10.4. The van der Waals surface area contributed by atoms with Gasteiger partial charge in [-0.15, -0.1) is 0 Å². The van der Waals surface area contributed by atoms with Crippen LogP contribution in [0.25, 0.3) is 11.1 Å². The molecule has 3 rings (SSSR count). The number of benzene rings is 2. The molecule has 35 heavy (non-hydrogen) atoms. The Labute approximate surface area is 200 Å². The van der Waals surface area contributed by atoms with Crippen LogP contribution >= 0.6 is 0 Å². The third kappa shape index (κ3) is 6.52. The minimum atomic E-state index is -4.72. The number of amides is 2. The summed E-state index contributed by atoms with van der Waals surface area (Å²) >= 11 is 0. The summed E-state index contributed by atoms with van der Waals surface area (Å²) in [5.41, 5.74) is 2.69. The van der Waals surface area contributed by atoms with E-state index in [2.05, 4.69) is 5.32 Å². The van der Waals surface area contributed by atoms with E-state index in [-0.39, 0.29) is 25.5 Å². The zero-order valence-electron chi connectivity index (χ0n) is 19.3. The Bertz CT molecular complexity index is 1060. The standard InChI is InChI=1S/C25H27F3N2O5/c1-24(2,22(32)33)11-12-29-21(31)20(13-25(26,27)28)30-23(34)35-14-19-17-9-5-3-7-15(17)16-8-4-6-10-18(16)19/h3-10,19-20H,11-14H2,1-2H3,(H,29,31)(H,30,34)(H,32,33). The van der Waals surface area contributed by atoms with Gasteiger partial charge in [-0.1, -0.05) is 48.5 Å². The second-order valence-electron chi connectivity index (χ2n) is 9.07. The van der Waals surface area contributed by atoms with E-state index in [9.17, 15) is 27.6 Å². The predicted molar refractivity (Wildman–Crippen MR) is 122 cm³/mol. The van der Waals surface area contributed by atoms with Crippen LogP contribution in [0.2, 0.25) is 0 Å². The lowest BCUT2D eigenvalue weighted by atomic mass is 9.89. The number of rotatable bonds is 9. The average molecular weight is 492 g/mol. The maximum atomic E-state index is 13.0. The molecule has 2 aromatic rings. The van der Waals surface area contributed by atoms with Crippen LogP contribution in [0.1, 0.15) is 43.7 Å². The highest BCUT2D eigenvalue weighted by molar-refractivity contribution is 5.86. The van der Waals surface area contributed by atoms with Gasteiger partial charge in [-0.05, 0) is 42.5 Å². The number of carbonyl (C=O) groups excluding carboxylic acids is 2. The van der Waals surface area contributed by atoms with Gasteiger partial charge in [0, 0.05) is 12.5 Å². The van der Waals surface area contributed by atoms with Crippen molar-refractivity contribution in [2.75, 3.05) is 13.2 Å². The summed E-state index contributed by atoms with van der Waals surface area (Å²) in [7, 11) is 0. The minimum absolute atomic E-state index is 0.00223. The summed E-state index contributed by atoms with van der Waals surface area (Å²) in [5.74, 6) is -2.46. The first kappa shape index (κ1) is 26.1. The van der Waals surface area contributed by atoms with E-state index in [1.165, 1.54) is 13.8 Å². The molecule has 0 fully saturated rings. The van der Waals surface area contributed by atoms with Crippen LogP contribution in [0.15, 0.2) is 48.5 Å². The lowest BCUT2D eigenvalue weighted by Gasteiger charge is -2.22. The fourth-order valence-corrected chi connectivity index (χ4v) is 3.95. The average Bonchev–Trinajstić information content (AvgIpc) is 3.10. The van der Waals surface area contributed by atoms with Crippen molar-refractivity contribution in [2.45, 2.75) is 44.8 Å². The van der Waals surface area contributed by atoms with Crippen molar-refractivity contribution in [3.8, 4) is 11.1 Å². The van der Waals surface area contributed by atoms with E-state index in [1.807, 2.05) is 53.8 Å². The number of ether oxygens (including phenoxy) is 1. The molecule has 1 atom stereocenters. The lowest BCUT2D eigenvalue weighted by Crippen LogP contribution is -2.49. The maximum absolute atomic E-state index is 13.0. The van der Waals surface area contributed by atoms with Crippen molar-refractivity contribution in [1.82, 2.24) is 10.6 Å². The van der Waals surface area contributed by atoms with Gasteiger partial charge in [0.05, 0.1) is 11.8 Å². The molecule has 7 nitrogen and oxygen atoms in total. The van der Waals surface area contributed by atoms with Crippen molar-refractivity contribution < 1.29 is 37.4 Å². The summed E-state index contributed by atoms with van der Waals surface area (Å²) in [5, 5.41) is 13.4. The highest BCUT2D eigenvalue weighted by Crippen LogP contribution is 2.44. The van der Waals surface area contributed by atoms with Gasteiger partial charge in [-0.2, -0.15) is 13.2 Å². The fraction of sp³-hybridized carbons (Fsp3) is 0.400. The van der Waals surface area contributed by atoms with Gasteiger partial charge >= 0.3 is 18.2 Å². The van der Waals surface area contributed by atoms with Crippen molar-refractivity contribution in [3.63, 3.8) is 0 Å². The van der Waals surface area contributed by atoms with Gasteiger partial charge in [-0.3, -0.25) is 9.59 Å². The number of carbonyl (C=O) groups is 3. The Morgan fingerprint density at radius 3 is 2.06 bits per heavy atom. The van der Waals surface area contributed by atoms with E-state index in [4.69, 9.17) is 9.84 Å². The number of halogens is 3. The van der Waals surface area contributed by atoms with Crippen molar-refractivity contribution in [2.24, 2.45) is 5.41 Å². The Morgan fingerprint density at radius 1 is 1.00 bits per heavy atom. The van der Waals surface area contributed by atoms with Crippen LogP contribution in [0.4, 0.5) is 18.0 Å². The molecule has 0 aliphatic heterocycles. The molecule has 0 heterocycles. The largest absolute Gasteiger partial charge is 0.481 e. The molecule has 0 bridgehead atoms. The zero-order chi connectivity index (χ0) is 25.8. The number of carboxylic acid groups (broad SMARTS) is 1. The summed E-state index contributed by atoms with van der Waals surface area (Å²) in [6.45, 7) is 2.58. The quantitative estimate of drug-likeness (QED) is 0.479. The van der Waals surface area contributed by atoms with Crippen LogP contribution in [0.3, 0.4) is 0 Å². The highest BCUT2D eigenvalue weighted by Gasteiger charge is 2.37. The van der Waals surface area contributed by atoms with Gasteiger partial charge in [0.25, 0.3) is 0 Å². The van der Waals surface area contributed by atoms with E-state index in [1.54, 1.807) is 0 Å². The van der Waals surface area contributed by atoms with E-state index < -0.39 is 42.0 Å². The van der Waals surface area contributed by atoms with Crippen LogP contribution in [-0.4, -0.2) is 48.4 Å². The van der Waals surface area contributed by atoms with Gasteiger partial charge in [-0.25, -0.2) is 4.79 Å². The van der Waals surface area contributed by atoms with E-state index >= 15 is 0 Å². The first-order valence-electron chi connectivity index (χ1n) is 11.1.